The number of hydrogen-bond donors (Lipinski definition) is 3. The summed E-state index contributed by atoms with van der Waals surface area (Å²) in [5.41, 5.74) is 3.67. The molecule has 3 aromatic rings. The molecule has 1 amide bonds. The summed E-state index contributed by atoms with van der Waals surface area (Å²) in [6, 6.07) is 21.4. The van der Waals surface area contributed by atoms with Crippen LogP contribution in [0.25, 0.3) is 17.2 Å². The molecule has 3 rings (SSSR count). The normalized spacial score (nSPS) is 10.7. The van der Waals surface area contributed by atoms with Gasteiger partial charge in [0, 0.05) is 18.2 Å². The molecule has 0 saturated carbocycles. The number of amides is 1. The van der Waals surface area contributed by atoms with E-state index >= 15 is 0 Å². The van der Waals surface area contributed by atoms with Gasteiger partial charge in [0.05, 0.1) is 0 Å². The van der Waals surface area contributed by atoms with Crippen molar-refractivity contribution in [3.63, 3.8) is 0 Å². The lowest BCUT2D eigenvalue weighted by molar-refractivity contribution is -0.131. The Labute approximate surface area is 162 Å². The van der Waals surface area contributed by atoms with E-state index < -0.39 is 5.97 Å². The summed E-state index contributed by atoms with van der Waals surface area (Å²) < 4.78 is 0. The number of phenolic OH excluding ortho intramolecular Hbond substituents is 1. The first kappa shape index (κ1) is 18.9. The van der Waals surface area contributed by atoms with Crippen LogP contribution >= 0.6 is 0 Å². The van der Waals surface area contributed by atoms with Gasteiger partial charge in [-0.2, -0.15) is 0 Å². The number of carboxylic acids is 1. The second-order valence-electron chi connectivity index (χ2n) is 6.23. The predicted octanol–water partition coefficient (Wildman–Crippen LogP) is 4.09. The second kappa shape index (κ2) is 8.68. The Morgan fingerprint density at radius 2 is 1.61 bits per heavy atom. The lowest BCUT2D eigenvalue weighted by Gasteiger charge is -2.10. The van der Waals surface area contributed by atoms with Crippen LogP contribution in [-0.2, 0) is 11.3 Å². The Morgan fingerprint density at radius 3 is 2.29 bits per heavy atom. The number of carbonyl (C=O) groups is 2. The SMILES string of the molecule is O=C(O)/C=C/c1cc(C(=O)NCc2ccc(O)cc2)cc(-c2ccccc2)c1. The molecule has 0 unspecified atom stereocenters. The predicted molar refractivity (Wildman–Crippen MR) is 108 cm³/mol. The molecule has 0 bridgehead atoms. The van der Waals surface area contributed by atoms with E-state index in [0.717, 1.165) is 22.8 Å². The van der Waals surface area contributed by atoms with Gasteiger partial charge in [0.2, 0.25) is 0 Å². The Hall–Kier alpha value is -3.86. The average Bonchev–Trinajstić information content (AvgIpc) is 2.72. The van der Waals surface area contributed by atoms with Crippen LogP contribution in [-0.4, -0.2) is 22.1 Å². The van der Waals surface area contributed by atoms with Crippen LogP contribution in [0.5, 0.6) is 5.75 Å². The van der Waals surface area contributed by atoms with Gasteiger partial charge in [-0.3, -0.25) is 4.79 Å². The van der Waals surface area contributed by atoms with Crippen LogP contribution in [0.4, 0.5) is 0 Å². The van der Waals surface area contributed by atoms with Gasteiger partial charge in [-0.25, -0.2) is 4.79 Å². The summed E-state index contributed by atoms with van der Waals surface area (Å²) >= 11 is 0. The van der Waals surface area contributed by atoms with E-state index in [1.807, 2.05) is 36.4 Å². The number of carboxylic acid groups (broad SMARTS) is 1. The van der Waals surface area contributed by atoms with E-state index in [1.54, 1.807) is 36.4 Å². The van der Waals surface area contributed by atoms with Crippen LogP contribution in [0, 0.1) is 0 Å². The van der Waals surface area contributed by atoms with Crippen molar-refractivity contribution in [2.75, 3.05) is 0 Å². The topological polar surface area (TPSA) is 86.6 Å². The minimum absolute atomic E-state index is 0.167. The number of carbonyl (C=O) groups excluding carboxylic acids is 1. The van der Waals surface area contributed by atoms with Gasteiger partial charge < -0.3 is 15.5 Å². The van der Waals surface area contributed by atoms with Crippen LogP contribution in [0.2, 0.25) is 0 Å². The zero-order valence-electron chi connectivity index (χ0n) is 15.0. The fourth-order valence-electron chi connectivity index (χ4n) is 2.74. The molecule has 5 nitrogen and oxygen atoms in total. The number of aromatic hydroxyl groups is 1. The fourth-order valence-corrected chi connectivity index (χ4v) is 2.74. The smallest absolute Gasteiger partial charge is 0.328 e. The first-order valence-electron chi connectivity index (χ1n) is 8.69. The molecule has 28 heavy (non-hydrogen) atoms. The Kier molecular flexibility index (Phi) is 5.87. The highest BCUT2D eigenvalue weighted by molar-refractivity contribution is 5.96. The average molecular weight is 373 g/mol. The number of phenols is 1. The lowest BCUT2D eigenvalue weighted by atomic mass is 9.99. The first-order chi connectivity index (χ1) is 13.5. The van der Waals surface area contributed by atoms with Crippen LogP contribution < -0.4 is 5.32 Å². The number of rotatable bonds is 6. The third-order valence-electron chi connectivity index (χ3n) is 4.13. The van der Waals surface area contributed by atoms with Gasteiger partial charge in [0.1, 0.15) is 5.75 Å². The molecule has 0 aromatic heterocycles. The molecule has 0 heterocycles. The standard InChI is InChI=1S/C23H19NO4/c25-21-9-6-16(7-10-21)15-24-23(28)20-13-17(8-11-22(26)27)12-19(14-20)18-4-2-1-3-5-18/h1-14,25H,15H2,(H,24,28)(H,26,27)/b11-8+. The number of hydrogen-bond acceptors (Lipinski definition) is 3. The van der Waals surface area contributed by atoms with Gasteiger partial charge in [-0.05, 0) is 58.7 Å². The Balaban J connectivity index is 1.87. The van der Waals surface area contributed by atoms with Crippen molar-refractivity contribution in [3.8, 4) is 16.9 Å². The molecule has 0 saturated heterocycles. The lowest BCUT2D eigenvalue weighted by Crippen LogP contribution is -2.22. The van der Waals surface area contributed by atoms with E-state index in [0.29, 0.717) is 17.7 Å². The molecule has 0 atom stereocenters. The van der Waals surface area contributed by atoms with Crippen molar-refractivity contribution in [2.45, 2.75) is 6.54 Å². The van der Waals surface area contributed by atoms with Crippen molar-refractivity contribution >= 4 is 18.0 Å². The minimum Gasteiger partial charge on any atom is -0.508 e. The minimum atomic E-state index is -1.05. The first-order valence-corrected chi connectivity index (χ1v) is 8.69. The van der Waals surface area contributed by atoms with Gasteiger partial charge in [0.25, 0.3) is 5.91 Å². The van der Waals surface area contributed by atoms with E-state index in [4.69, 9.17) is 5.11 Å². The molecule has 3 aromatic carbocycles. The summed E-state index contributed by atoms with van der Waals surface area (Å²) in [6.07, 6.45) is 2.51. The molecule has 0 radical (unpaired) electrons. The van der Waals surface area contributed by atoms with Gasteiger partial charge in [0.15, 0.2) is 0 Å². The van der Waals surface area contributed by atoms with Crippen molar-refractivity contribution in [2.24, 2.45) is 0 Å². The molecule has 0 aliphatic heterocycles. The molecule has 0 aliphatic carbocycles. The molecule has 3 N–H and O–H groups in total. The van der Waals surface area contributed by atoms with Crippen molar-refractivity contribution in [1.29, 1.82) is 0 Å². The molecule has 0 spiro atoms. The van der Waals surface area contributed by atoms with E-state index in [-0.39, 0.29) is 11.7 Å². The molecule has 140 valence electrons. The highest BCUT2D eigenvalue weighted by Crippen LogP contribution is 2.23. The van der Waals surface area contributed by atoms with Gasteiger partial charge in [-0.1, -0.05) is 42.5 Å². The monoisotopic (exact) mass is 373 g/mol. The Bertz CT molecular complexity index is 1010. The molecule has 5 heteroatoms. The quantitative estimate of drug-likeness (QED) is 0.568. The van der Waals surface area contributed by atoms with E-state index in [1.165, 1.54) is 6.08 Å². The fraction of sp³-hybridized carbons (Fsp3) is 0.0435. The number of nitrogens with one attached hydrogen (secondary N) is 1. The molecule has 0 fully saturated rings. The van der Waals surface area contributed by atoms with Gasteiger partial charge in [-0.15, -0.1) is 0 Å². The summed E-state index contributed by atoms with van der Waals surface area (Å²) in [5.74, 6) is -1.15. The highest BCUT2D eigenvalue weighted by Gasteiger charge is 2.09. The summed E-state index contributed by atoms with van der Waals surface area (Å²) in [7, 11) is 0. The van der Waals surface area contributed by atoms with Crippen LogP contribution in [0.3, 0.4) is 0 Å². The summed E-state index contributed by atoms with van der Waals surface area (Å²) in [6.45, 7) is 0.314. The van der Waals surface area contributed by atoms with Crippen molar-refractivity contribution in [1.82, 2.24) is 5.32 Å². The van der Waals surface area contributed by atoms with Crippen LogP contribution in [0.15, 0.2) is 78.9 Å². The van der Waals surface area contributed by atoms with Crippen molar-refractivity contribution < 1.29 is 19.8 Å². The zero-order valence-corrected chi connectivity index (χ0v) is 15.0. The molecular weight excluding hydrogens is 354 g/mol. The van der Waals surface area contributed by atoms with Gasteiger partial charge >= 0.3 is 5.97 Å². The highest BCUT2D eigenvalue weighted by atomic mass is 16.4. The number of benzene rings is 3. The molecule has 0 aliphatic rings. The maximum absolute atomic E-state index is 12.7. The largest absolute Gasteiger partial charge is 0.508 e. The maximum Gasteiger partial charge on any atom is 0.328 e. The third-order valence-corrected chi connectivity index (χ3v) is 4.13. The maximum atomic E-state index is 12.7. The van der Waals surface area contributed by atoms with E-state index in [9.17, 15) is 14.7 Å². The second-order valence-corrected chi connectivity index (χ2v) is 6.23. The molecular formula is C23H19NO4. The van der Waals surface area contributed by atoms with E-state index in [2.05, 4.69) is 5.32 Å². The summed E-state index contributed by atoms with van der Waals surface area (Å²) in [5, 5.41) is 21.1. The van der Waals surface area contributed by atoms with Crippen molar-refractivity contribution in [3.05, 3.63) is 95.6 Å². The summed E-state index contributed by atoms with van der Waals surface area (Å²) in [4.78, 5) is 23.5. The Morgan fingerprint density at radius 1 is 0.893 bits per heavy atom. The van der Waals surface area contributed by atoms with Crippen LogP contribution in [0.1, 0.15) is 21.5 Å². The number of aliphatic carboxylic acids is 1. The third kappa shape index (κ3) is 5.08. The zero-order chi connectivity index (χ0) is 19.9.